The Morgan fingerprint density at radius 3 is 2.25 bits per heavy atom. The Balaban J connectivity index is 4.00. The van der Waals surface area contributed by atoms with E-state index in [1.54, 1.807) is 13.0 Å². The largest absolute Gasteiger partial charge is 0.295 e. The summed E-state index contributed by atoms with van der Waals surface area (Å²) in [5.41, 5.74) is 2.41. The van der Waals surface area contributed by atoms with E-state index in [9.17, 15) is 4.79 Å². The fourth-order valence-electron chi connectivity index (χ4n) is 1.39. The van der Waals surface area contributed by atoms with Crippen molar-refractivity contribution in [1.82, 2.24) is 0 Å². The van der Waals surface area contributed by atoms with E-state index in [1.807, 2.05) is 13.0 Å². The molecule has 0 N–H and O–H groups in total. The molecule has 0 aliphatic carbocycles. The molecule has 90 valence electrons. The molecule has 0 amide bonds. The first-order chi connectivity index (χ1) is 7.41. The minimum absolute atomic E-state index is 0.111. The minimum atomic E-state index is 0.111. The normalized spacial score (nSPS) is 13.9. The fourth-order valence-corrected chi connectivity index (χ4v) is 1.39. The van der Waals surface area contributed by atoms with Crippen LogP contribution in [0.15, 0.2) is 35.5 Å². The van der Waals surface area contributed by atoms with E-state index in [2.05, 4.69) is 32.9 Å². The predicted molar refractivity (Wildman–Crippen MR) is 71.4 cm³/mol. The zero-order valence-electron chi connectivity index (χ0n) is 11.2. The van der Waals surface area contributed by atoms with Gasteiger partial charge >= 0.3 is 0 Å². The first-order valence-electron chi connectivity index (χ1n) is 5.90. The van der Waals surface area contributed by atoms with Crippen LogP contribution >= 0.6 is 0 Å². The molecule has 0 heterocycles. The summed E-state index contributed by atoms with van der Waals surface area (Å²) in [6.07, 6.45) is 10.3. The van der Waals surface area contributed by atoms with Gasteiger partial charge in [0.2, 0.25) is 0 Å². The van der Waals surface area contributed by atoms with Gasteiger partial charge in [0.1, 0.15) is 0 Å². The molecule has 1 atom stereocenters. The Kier molecular flexibility index (Phi) is 7.53. The van der Waals surface area contributed by atoms with Crippen molar-refractivity contribution < 1.29 is 4.79 Å². The molecule has 0 aliphatic heterocycles. The molecule has 1 unspecified atom stereocenters. The lowest BCUT2D eigenvalue weighted by Gasteiger charge is -2.04. The molecule has 1 heteroatoms. The van der Waals surface area contributed by atoms with Crippen LogP contribution in [0.4, 0.5) is 0 Å². The lowest BCUT2D eigenvalue weighted by atomic mass is 10.0. The van der Waals surface area contributed by atoms with E-state index in [0.717, 1.165) is 18.4 Å². The van der Waals surface area contributed by atoms with Gasteiger partial charge in [0.15, 0.2) is 5.78 Å². The molecule has 16 heavy (non-hydrogen) atoms. The predicted octanol–water partition coefficient (Wildman–Crippen LogP) is 4.46. The number of rotatable bonds is 6. The Morgan fingerprint density at radius 2 is 1.75 bits per heavy atom. The molecule has 0 aromatic heterocycles. The molecule has 0 bridgehead atoms. The second-order valence-corrected chi connectivity index (χ2v) is 4.76. The third-order valence-corrected chi connectivity index (χ3v) is 2.28. The standard InChI is InChI=1S/C15H24O/c1-12(2)9-10-13(3)7-6-8-14(4)11-15(5)16/h6,8-9,11,13H,7,10H2,1-5H3. The number of carbonyl (C=O) groups excluding carboxylic acids is 1. The molecule has 0 saturated heterocycles. The monoisotopic (exact) mass is 220 g/mol. The Hall–Kier alpha value is -1.11. The van der Waals surface area contributed by atoms with E-state index in [0.29, 0.717) is 5.92 Å². The van der Waals surface area contributed by atoms with Crippen LogP contribution in [-0.4, -0.2) is 5.78 Å². The third-order valence-electron chi connectivity index (χ3n) is 2.28. The quantitative estimate of drug-likeness (QED) is 0.367. The highest BCUT2D eigenvalue weighted by Gasteiger charge is 1.96. The number of hydrogen-bond donors (Lipinski definition) is 0. The molecule has 0 aliphatic rings. The molecule has 0 spiro atoms. The first-order valence-corrected chi connectivity index (χ1v) is 5.90. The summed E-state index contributed by atoms with van der Waals surface area (Å²) in [6, 6.07) is 0. The Morgan fingerprint density at radius 1 is 1.12 bits per heavy atom. The highest BCUT2D eigenvalue weighted by atomic mass is 16.1. The summed E-state index contributed by atoms with van der Waals surface area (Å²) >= 11 is 0. The molecule has 0 fully saturated rings. The van der Waals surface area contributed by atoms with Crippen molar-refractivity contribution in [3.63, 3.8) is 0 Å². The maximum Gasteiger partial charge on any atom is 0.152 e. The average molecular weight is 220 g/mol. The van der Waals surface area contributed by atoms with Crippen molar-refractivity contribution in [2.24, 2.45) is 5.92 Å². The average Bonchev–Trinajstić information content (AvgIpc) is 2.13. The maximum absolute atomic E-state index is 10.8. The Bertz CT molecular complexity index is 301. The van der Waals surface area contributed by atoms with Gasteiger partial charge in [-0.25, -0.2) is 0 Å². The number of ketones is 1. The zero-order chi connectivity index (χ0) is 12.6. The minimum Gasteiger partial charge on any atom is -0.295 e. The van der Waals surface area contributed by atoms with Crippen LogP contribution in [0.5, 0.6) is 0 Å². The van der Waals surface area contributed by atoms with Crippen LogP contribution in [-0.2, 0) is 4.79 Å². The second-order valence-electron chi connectivity index (χ2n) is 4.76. The zero-order valence-corrected chi connectivity index (χ0v) is 11.2. The van der Waals surface area contributed by atoms with Crippen molar-refractivity contribution in [2.75, 3.05) is 0 Å². The molecule has 0 rings (SSSR count). The fraction of sp³-hybridized carbons (Fsp3) is 0.533. The third kappa shape index (κ3) is 9.45. The summed E-state index contributed by atoms with van der Waals surface area (Å²) in [5, 5.41) is 0. The summed E-state index contributed by atoms with van der Waals surface area (Å²) in [6.45, 7) is 10.0. The van der Waals surface area contributed by atoms with Gasteiger partial charge in [0.05, 0.1) is 0 Å². The van der Waals surface area contributed by atoms with Crippen LogP contribution < -0.4 is 0 Å². The van der Waals surface area contributed by atoms with Crippen LogP contribution in [0.1, 0.15) is 47.5 Å². The van der Waals surface area contributed by atoms with E-state index < -0.39 is 0 Å². The van der Waals surface area contributed by atoms with Gasteiger partial charge in [-0.15, -0.1) is 0 Å². The number of carbonyl (C=O) groups is 1. The van der Waals surface area contributed by atoms with E-state index in [1.165, 1.54) is 5.57 Å². The van der Waals surface area contributed by atoms with Crippen LogP contribution in [0.3, 0.4) is 0 Å². The van der Waals surface area contributed by atoms with Gasteiger partial charge in [-0.1, -0.05) is 30.7 Å². The summed E-state index contributed by atoms with van der Waals surface area (Å²) in [5.74, 6) is 0.774. The van der Waals surface area contributed by atoms with E-state index >= 15 is 0 Å². The molecule has 0 saturated carbocycles. The number of allylic oxidation sites excluding steroid dienone is 6. The summed E-state index contributed by atoms with van der Waals surface area (Å²) in [4.78, 5) is 10.8. The van der Waals surface area contributed by atoms with Gasteiger partial charge in [0, 0.05) is 0 Å². The molecule has 0 aromatic carbocycles. The Labute approximate surface area is 99.9 Å². The molecule has 0 radical (unpaired) electrons. The molecular weight excluding hydrogens is 196 g/mol. The van der Waals surface area contributed by atoms with Crippen LogP contribution in [0.25, 0.3) is 0 Å². The molecular formula is C15H24O. The van der Waals surface area contributed by atoms with Gasteiger partial charge in [-0.3, -0.25) is 4.79 Å². The second kappa shape index (κ2) is 8.09. The lowest BCUT2D eigenvalue weighted by molar-refractivity contribution is -0.112. The molecule has 1 nitrogen and oxygen atoms in total. The van der Waals surface area contributed by atoms with Crippen molar-refractivity contribution in [2.45, 2.75) is 47.5 Å². The number of hydrogen-bond acceptors (Lipinski definition) is 1. The van der Waals surface area contributed by atoms with Crippen LogP contribution in [0.2, 0.25) is 0 Å². The highest BCUT2D eigenvalue weighted by Crippen LogP contribution is 2.11. The van der Waals surface area contributed by atoms with Crippen molar-refractivity contribution in [3.05, 3.63) is 35.5 Å². The lowest BCUT2D eigenvalue weighted by Crippen LogP contribution is -1.90. The van der Waals surface area contributed by atoms with E-state index in [4.69, 9.17) is 0 Å². The van der Waals surface area contributed by atoms with Gasteiger partial charge in [-0.2, -0.15) is 0 Å². The van der Waals surface area contributed by atoms with Gasteiger partial charge < -0.3 is 0 Å². The van der Waals surface area contributed by atoms with E-state index in [-0.39, 0.29) is 5.78 Å². The first kappa shape index (κ1) is 14.9. The van der Waals surface area contributed by atoms with Crippen molar-refractivity contribution in [3.8, 4) is 0 Å². The summed E-state index contributed by atoms with van der Waals surface area (Å²) in [7, 11) is 0. The van der Waals surface area contributed by atoms with Crippen LogP contribution in [0, 0.1) is 5.92 Å². The topological polar surface area (TPSA) is 17.1 Å². The van der Waals surface area contributed by atoms with Crippen molar-refractivity contribution >= 4 is 5.78 Å². The smallest absolute Gasteiger partial charge is 0.152 e. The molecule has 0 aromatic rings. The SMILES string of the molecule is CC(=O)C=C(C)C=CCC(C)CC=C(C)C. The maximum atomic E-state index is 10.8. The van der Waals surface area contributed by atoms with Gasteiger partial charge in [-0.05, 0) is 58.1 Å². The summed E-state index contributed by atoms with van der Waals surface area (Å²) < 4.78 is 0. The van der Waals surface area contributed by atoms with Crippen molar-refractivity contribution in [1.29, 1.82) is 0 Å². The highest BCUT2D eigenvalue weighted by molar-refractivity contribution is 5.88. The van der Waals surface area contributed by atoms with Gasteiger partial charge in [0.25, 0.3) is 0 Å².